The minimum absolute atomic E-state index is 0.0341. The molecule has 0 radical (unpaired) electrons. The zero-order valence-corrected chi connectivity index (χ0v) is 11.8. The molecule has 1 heterocycles. The molecule has 0 aliphatic carbocycles. The minimum Gasteiger partial charge on any atom is -0.476 e. The van der Waals surface area contributed by atoms with E-state index >= 15 is 0 Å². The van der Waals surface area contributed by atoms with Crippen molar-refractivity contribution in [1.82, 2.24) is 4.98 Å². The van der Waals surface area contributed by atoms with Gasteiger partial charge in [-0.15, -0.1) is 11.3 Å². The number of rotatable bonds is 3. The first-order valence-electron chi connectivity index (χ1n) is 5.03. The fourth-order valence-corrected chi connectivity index (χ4v) is 2.55. The van der Waals surface area contributed by atoms with E-state index in [4.69, 9.17) is 28.3 Å². The Bertz CT molecular complexity index is 682. The first-order valence-corrected chi connectivity index (χ1v) is 6.66. The molecule has 0 aliphatic rings. The molecule has 0 unspecified atom stereocenters. The average Bonchev–Trinajstić information content (AvgIpc) is 2.83. The van der Waals surface area contributed by atoms with Crippen LogP contribution in [0.1, 0.15) is 20.3 Å². The molecule has 1 aromatic carbocycles. The number of aromatic nitrogens is 1. The number of benzene rings is 1. The zero-order valence-electron chi connectivity index (χ0n) is 9.49. The van der Waals surface area contributed by atoms with Gasteiger partial charge >= 0.3 is 5.97 Å². The molecule has 104 valence electrons. The number of anilines is 1. The number of nitrogens with zero attached hydrogens (tertiary/aromatic N) is 1. The van der Waals surface area contributed by atoms with Crippen molar-refractivity contribution in [2.24, 2.45) is 0 Å². The molecule has 1 aromatic heterocycles. The van der Waals surface area contributed by atoms with Crippen molar-refractivity contribution in [3.63, 3.8) is 0 Å². The highest BCUT2D eigenvalue weighted by Gasteiger charge is 2.17. The van der Waals surface area contributed by atoms with Gasteiger partial charge in [-0.05, 0) is 12.1 Å². The summed E-state index contributed by atoms with van der Waals surface area (Å²) in [5.41, 5.74) is -0.205. The summed E-state index contributed by atoms with van der Waals surface area (Å²) in [5.74, 6) is -2.56. The van der Waals surface area contributed by atoms with E-state index in [1.54, 1.807) is 0 Å². The van der Waals surface area contributed by atoms with Crippen LogP contribution in [-0.4, -0.2) is 22.0 Å². The van der Waals surface area contributed by atoms with Gasteiger partial charge in [0.25, 0.3) is 5.91 Å². The van der Waals surface area contributed by atoms with Crippen LogP contribution in [0.5, 0.6) is 0 Å². The molecular formula is C11H5Cl2FN2O3S. The Hall–Kier alpha value is -1.70. The number of thiazole rings is 1. The second-order valence-corrected chi connectivity index (χ2v) is 5.21. The fraction of sp³-hybridized carbons (Fsp3) is 0. The highest BCUT2D eigenvalue weighted by atomic mass is 35.5. The number of carboxylic acids is 1. The fourth-order valence-electron chi connectivity index (χ4n) is 1.30. The molecule has 2 N–H and O–H groups in total. The third-order valence-electron chi connectivity index (χ3n) is 2.16. The van der Waals surface area contributed by atoms with Crippen LogP contribution in [0, 0.1) is 5.82 Å². The van der Waals surface area contributed by atoms with E-state index in [9.17, 15) is 14.0 Å². The van der Waals surface area contributed by atoms with Gasteiger partial charge in [-0.1, -0.05) is 23.2 Å². The maximum Gasteiger partial charge on any atom is 0.355 e. The van der Waals surface area contributed by atoms with Gasteiger partial charge in [0.2, 0.25) is 0 Å². The Morgan fingerprint density at radius 2 is 1.90 bits per heavy atom. The molecule has 20 heavy (non-hydrogen) atoms. The van der Waals surface area contributed by atoms with E-state index in [2.05, 4.69) is 10.3 Å². The molecule has 0 atom stereocenters. The monoisotopic (exact) mass is 334 g/mol. The first kappa shape index (κ1) is 14.7. The van der Waals surface area contributed by atoms with E-state index in [1.807, 2.05) is 0 Å². The molecule has 0 bridgehead atoms. The summed E-state index contributed by atoms with van der Waals surface area (Å²) in [7, 11) is 0. The number of hydrogen-bond donors (Lipinski definition) is 2. The quantitative estimate of drug-likeness (QED) is 0.899. The van der Waals surface area contributed by atoms with Crippen LogP contribution in [0.2, 0.25) is 10.0 Å². The highest BCUT2D eigenvalue weighted by molar-refractivity contribution is 7.12. The molecule has 2 rings (SSSR count). The Labute approximate surface area is 126 Å². The summed E-state index contributed by atoms with van der Waals surface area (Å²) in [6.07, 6.45) is 0. The van der Waals surface area contributed by atoms with Crippen molar-refractivity contribution in [1.29, 1.82) is 0 Å². The molecule has 9 heteroatoms. The number of carboxylic acid groups (broad SMARTS) is 1. The van der Waals surface area contributed by atoms with Crippen LogP contribution < -0.4 is 5.32 Å². The number of halogens is 3. The van der Waals surface area contributed by atoms with Crippen LogP contribution in [0.4, 0.5) is 10.1 Å². The number of amides is 1. The zero-order chi connectivity index (χ0) is 14.9. The molecule has 0 fully saturated rings. The predicted octanol–water partition coefficient (Wildman–Crippen LogP) is 3.54. The van der Waals surface area contributed by atoms with E-state index in [-0.39, 0.29) is 26.4 Å². The summed E-state index contributed by atoms with van der Waals surface area (Å²) in [4.78, 5) is 26.2. The lowest BCUT2D eigenvalue weighted by atomic mass is 10.3. The molecule has 0 saturated carbocycles. The van der Waals surface area contributed by atoms with Gasteiger partial charge < -0.3 is 10.4 Å². The van der Waals surface area contributed by atoms with Crippen molar-refractivity contribution in [2.45, 2.75) is 0 Å². The van der Waals surface area contributed by atoms with Crippen molar-refractivity contribution >= 4 is 52.1 Å². The van der Waals surface area contributed by atoms with Crippen LogP contribution in [0.25, 0.3) is 0 Å². The van der Waals surface area contributed by atoms with Crippen LogP contribution in [0.3, 0.4) is 0 Å². The second-order valence-electron chi connectivity index (χ2n) is 3.54. The molecule has 5 nitrogen and oxygen atoms in total. The normalized spacial score (nSPS) is 10.3. The smallest absolute Gasteiger partial charge is 0.355 e. The molecule has 1 amide bonds. The standard InChI is InChI=1S/C11H5Cl2FN2O3S/c12-5-1-4(14)2-6(13)8(5)16-9(17)10-15-7(3-20-10)11(18)19/h1-3H,(H,16,17)(H,18,19). The second kappa shape index (κ2) is 5.74. The number of aromatic carboxylic acids is 1. The van der Waals surface area contributed by atoms with E-state index in [1.165, 1.54) is 5.38 Å². The number of nitrogens with one attached hydrogen (secondary N) is 1. The van der Waals surface area contributed by atoms with Crippen molar-refractivity contribution in [3.8, 4) is 0 Å². The maximum absolute atomic E-state index is 13.0. The van der Waals surface area contributed by atoms with Gasteiger partial charge in [0.1, 0.15) is 5.82 Å². The Balaban J connectivity index is 2.25. The number of hydrogen-bond acceptors (Lipinski definition) is 4. The summed E-state index contributed by atoms with van der Waals surface area (Å²) < 4.78 is 13.0. The van der Waals surface area contributed by atoms with E-state index < -0.39 is 17.7 Å². The SMILES string of the molecule is O=C(O)c1csc(C(=O)Nc2c(Cl)cc(F)cc2Cl)n1. The van der Waals surface area contributed by atoms with Crippen LogP contribution in [-0.2, 0) is 0 Å². The lowest BCUT2D eigenvalue weighted by Gasteiger charge is -2.07. The molecule has 0 saturated heterocycles. The van der Waals surface area contributed by atoms with Crippen LogP contribution >= 0.6 is 34.5 Å². The Morgan fingerprint density at radius 3 is 2.40 bits per heavy atom. The Morgan fingerprint density at radius 1 is 1.30 bits per heavy atom. The van der Waals surface area contributed by atoms with E-state index in [0.717, 1.165) is 23.5 Å². The van der Waals surface area contributed by atoms with Crippen molar-refractivity contribution in [2.75, 3.05) is 5.32 Å². The largest absolute Gasteiger partial charge is 0.476 e. The van der Waals surface area contributed by atoms with Gasteiger partial charge in [0.15, 0.2) is 10.7 Å². The predicted molar refractivity (Wildman–Crippen MR) is 73.4 cm³/mol. The summed E-state index contributed by atoms with van der Waals surface area (Å²) >= 11 is 12.4. The Kier molecular flexibility index (Phi) is 4.22. The topological polar surface area (TPSA) is 79.3 Å². The highest BCUT2D eigenvalue weighted by Crippen LogP contribution is 2.31. The van der Waals surface area contributed by atoms with Crippen molar-refractivity contribution in [3.05, 3.63) is 44.1 Å². The maximum atomic E-state index is 13.0. The van der Waals surface area contributed by atoms with Gasteiger partial charge in [0, 0.05) is 5.38 Å². The lowest BCUT2D eigenvalue weighted by Crippen LogP contribution is -2.13. The summed E-state index contributed by atoms with van der Waals surface area (Å²) in [6.45, 7) is 0. The lowest BCUT2D eigenvalue weighted by molar-refractivity contribution is 0.0691. The summed E-state index contributed by atoms with van der Waals surface area (Å²) in [6, 6.07) is 1.99. The van der Waals surface area contributed by atoms with Crippen LogP contribution in [0.15, 0.2) is 17.5 Å². The van der Waals surface area contributed by atoms with Crippen molar-refractivity contribution < 1.29 is 19.1 Å². The minimum atomic E-state index is -1.24. The van der Waals surface area contributed by atoms with Gasteiger partial charge in [0.05, 0.1) is 15.7 Å². The number of carbonyl (C=O) groups is 2. The summed E-state index contributed by atoms with van der Waals surface area (Å²) in [5, 5.41) is 12.1. The molecule has 0 aliphatic heterocycles. The average molecular weight is 335 g/mol. The third kappa shape index (κ3) is 3.06. The van der Waals surface area contributed by atoms with Gasteiger partial charge in [-0.2, -0.15) is 0 Å². The number of carbonyl (C=O) groups excluding carboxylic acids is 1. The molecular weight excluding hydrogens is 330 g/mol. The van der Waals surface area contributed by atoms with Gasteiger partial charge in [-0.25, -0.2) is 14.2 Å². The molecule has 0 spiro atoms. The molecule has 2 aromatic rings. The van der Waals surface area contributed by atoms with E-state index in [0.29, 0.717) is 0 Å². The third-order valence-corrected chi connectivity index (χ3v) is 3.60. The first-order chi connectivity index (χ1) is 9.38. The van der Waals surface area contributed by atoms with Gasteiger partial charge in [-0.3, -0.25) is 4.79 Å².